The number of aryl methyl sites for hydroxylation is 1. The van der Waals surface area contributed by atoms with Crippen LogP contribution in [0.5, 0.6) is 0 Å². The molecule has 1 heterocycles. The second kappa shape index (κ2) is 9.27. The summed E-state index contributed by atoms with van der Waals surface area (Å²) >= 11 is 12.5. The van der Waals surface area contributed by atoms with E-state index in [0.29, 0.717) is 16.6 Å². The van der Waals surface area contributed by atoms with Gasteiger partial charge in [-0.25, -0.2) is 0 Å². The Kier molecular flexibility index (Phi) is 6.59. The van der Waals surface area contributed by atoms with Crippen LogP contribution in [0, 0.1) is 6.92 Å². The Morgan fingerprint density at radius 2 is 1.67 bits per heavy atom. The van der Waals surface area contributed by atoms with E-state index in [0.717, 1.165) is 22.9 Å². The van der Waals surface area contributed by atoms with Crippen LogP contribution in [0.1, 0.15) is 33.1 Å². The molecule has 1 aliphatic rings. The van der Waals surface area contributed by atoms with Gasteiger partial charge in [0, 0.05) is 24.7 Å². The molecular formula is C25H21Cl2F3N2O. The summed E-state index contributed by atoms with van der Waals surface area (Å²) in [6, 6.07) is 17.7. The van der Waals surface area contributed by atoms with Gasteiger partial charge in [0.1, 0.15) is 0 Å². The second-order valence-corrected chi connectivity index (χ2v) is 8.85. The van der Waals surface area contributed by atoms with Gasteiger partial charge in [-0.1, -0.05) is 65.2 Å². The molecule has 0 bridgehead atoms. The highest BCUT2D eigenvalue weighted by Gasteiger charge is 2.38. The minimum atomic E-state index is -4.61. The van der Waals surface area contributed by atoms with Crippen LogP contribution >= 0.6 is 23.2 Å². The van der Waals surface area contributed by atoms with Gasteiger partial charge in [0.2, 0.25) is 0 Å². The molecule has 8 heteroatoms. The first-order valence-electron chi connectivity index (χ1n) is 10.4. The molecule has 1 unspecified atom stereocenters. The maximum atomic E-state index is 13.5. The van der Waals surface area contributed by atoms with E-state index >= 15 is 0 Å². The molecule has 1 aliphatic heterocycles. The minimum absolute atomic E-state index is 0.215. The van der Waals surface area contributed by atoms with Crippen LogP contribution in [0.3, 0.4) is 0 Å². The van der Waals surface area contributed by atoms with Crippen LogP contribution < -0.4 is 4.90 Å². The van der Waals surface area contributed by atoms with Gasteiger partial charge < -0.3 is 9.80 Å². The van der Waals surface area contributed by atoms with Crippen molar-refractivity contribution in [2.45, 2.75) is 19.1 Å². The standard InChI is InChI=1S/C25H21Cl2F3N2O/c1-16-6-8-17(9-7-16)23-15-31(12-13-32(23)22-11-10-18(26)14-21(22)27)24(33)19-4-2-3-5-20(19)25(28,29)30/h2-11,14,23H,12-13,15H2,1H3. The lowest BCUT2D eigenvalue weighted by atomic mass is 9.98. The third-order valence-electron chi connectivity index (χ3n) is 5.81. The Labute approximate surface area is 200 Å². The number of hydrogen-bond acceptors (Lipinski definition) is 2. The fraction of sp³-hybridized carbons (Fsp3) is 0.240. The number of alkyl halides is 3. The zero-order valence-electron chi connectivity index (χ0n) is 17.7. The van der Waals surface area contributed by atoms with Crippen molar-refractivity contribution in [3.05, 3.63) is 99.0 Å². The van der Waals surface area contributed by atoms with Crippen LogP contribution in [0.15, 0.2) is 66.7 Å². The Bertz CT molecular complexity index is 1170. The summed E-state index contributed by atoms with van der Waals surface area (Å²) in [7, 11) is 0. The molecule has 1 atom stereocenters. The molecule has 1 fully saturated rings. The molecule has 0 aromatic heterocycles. The Hall–Kier alpha value is -2.70. The summed E-state index contributed by atoms with van der Waals surface area (Å²) in [6.07, 6.45) is -4.61. The molecule has 0 saturated carbocycles. The summed E-state index contributed by atoms with van der Waals surface area (Å²) in [6.45, 7) is 2.85. The van der Waals surface area contributed by atoms with E-state index in [4.69, 9.17) is 23.2 Å². The maximum absolute atomic E-state index is 13.5. The van der Waals surface area contributed by atoms with Crippen molar-refractivity contribution in [2.75, 3.05) is 24.5 Å². The molecule has 0 N–H and O–H groups in total. The average Bonchev–Trinajstić information content (AvgIpc) is 2.78. The van der Waals surface area contributed by atoms with Crippen molar-refractivity contribution in [2.24, 2.45) is 0 Å². The lowest BCUT2D eigenvalue weighted by Gasteiger charge is -2.43. The first-order chi connectivity index (χ1) is 15.6. The van der Waals surface area contributed by atoms with Gasteiger partial charge >= 0.3 is 6.18 Å². The number of benzene rings is 3. The molecule has 33 heavy (non-hydrogen) atoms. The van der Waals surface area contributed by atoms with E-state index < -0.39 is 17.6 Å². The monoisotopic (exact) mass is 492 g/mol. The molecule has 3 aromatic rings. The molecule has 3 nitrogen and oxygen atoms in total. The van der Waals surface area contributed by atoms with Crippen LogP contribution in [0.2, 0.25) is 10.0 Å². The predicted molar refractivity (Wildman–Crippen MR) is 125 cm³/mol. The van der Waals surface area contributed by atoms with Crippen molar-refractivity contribution >= 4 is 34.8 Å². The smallest absolute Gasteiger partial charge is 0.360 e. The Morgan fingerprint density at radius 3 is 2.33 bits per heavy atom. The normalized spacial score (nSPS) is 16.7. The molecule has 1 saturated heterocycles. The summed E-state index contributed by atoms with van der Waals surface area (Å²) in [4.78, 5) is 16.8. The summed E-state index contributed by atoms with van der Waals surface area (Å²) in [5.41, 5.74) is 1.51. The van der Waals surface area contributed by atoms with E-state index in [-0.39, 0.29) is 24.7 Å². The maximum Gasteiger partial charge on any atom is 0.417 e. The fourth-order valence-electron chi connectivity index (χ4n) is 4.13. The van der Waals surface area contributed by atoms with Gasteiger partial charge in [0.15, 0.2) is 0 Å². The lowest BCUT2D eigenvalue weighted by Crippen LogP contribution is -2.51. The van der Waals surface area contributed by atoms with Crippen molar-refractivity contribution < 1.29 is 18.0 Å². The highest BCUT2D eigenvalue weighted by atomic mass is 35.5. The van der Waals surface area contributed by atoms with Gasteiger partial charge in [-0.15, -0.1) is 0 Å². The topological polar surface area (TPSA) is 23.6 Å². The molecule has 1 amide bonds. The van der Waals surface area contributed by atoms with Gasteiger partial charge in [0.25, 0.3) is 5.91 Å². The van der Waals surface area contributed by atoms with Gasteiger partial charge in [0.05, 0.1) is 27.9 Å². The van der Waals surface area contributed by atoms with E-state index in [1.807, 2.05) is 37.3 Å². The lowest BCUT2D eigenvalue weighted by molar-refractivity contribution is -0.138. The first-order valence-corrected chi connectivity index (χ1v) is 11.1. The van der Waals surface area contributed by atoms with Crippen LogP contribution in [0.25, 0.3) is 0 Å². The summed E-state index contributed by atoms with van der Waals surface area (Å²) in [5.74, 6) is -0.637. The number of hydrogen-bond donors (Lipinski definition) is 0. The number of piperazine rings is 1. The van der Waals surface area contributed by atoms with Crippen LogP contribution in [-0.2, 0) is 6.18 Å². The Morgan fingerprint density at radius 1 is 0.970 bits per heavy atom. The molecule has 172 valence electrons. The quantitative estimate of drug-likeness (QED) is 0.392. The van der Waals surface area contributed by atoms with Crippen molar-refractivity contribution in [1.29, 1.82) is 0 Å². The number of anilines is 1. The Balaban J connectivity index is 1.70. The fourth-order valence-corrected chi connectivity index (χ4v) is 4.65. The summed E-state index contributed by atoms with van der Waals surface area (Å²) < 4.78 is 40.5. The number of rotatable bonds is 3. The SMILES string of the molecule is Cc1ccc(C2CN(C(=O)c3ccccc3C(F)(F)F)CCN2c2ccc(Cl)cc2Cl)cc1. The van der Waals surface area contributed by atoms with Crippen molar-refractivity contribution in [3.63, 3.8) is 0 Å². The predicted octanol–water partition coefficient (Wildman–Crippen LogP) is 7.02. The first kappa shape index (κ1) is 23.5. The van der Waals surface area contributed by atoms with E-state index in [1.165, 1.54) is 23.1 Å². The van der Waals surface area contributed by atoms with E-state index in [1.54, 1.807) is 12.1 Å². The molecule has 3 aromatic carbocycles. The van der Waals surface area contributed by atoms with Crippen molar-refractivity contribution in [3.8, 4) is 0 Å². The van der Waals surface area contributed by atoms with E-state index in [9.17, 15) is 18.0 Å². The highest BCUT2D eigenvalue weighted by Crippen LogP contribution is 2.38. The summed E-state index contributed by atoms with van der Waals surface area (Å²) in [5, 5.41) is 0.981. The molecular weight excluding hydrogens is 472 g/mol. The zero-order valence-corrected chi connectivity index (χ0v) is 19.3. The third-order valence-corrected chi connectivity index (χ3v) is 6.35. The number of halogens is 5. The van der Waals surface area contributed by atoms with Crippen LogP contribution in [0.4, 0.5) is 18.9 Å². The van der Waals surface area contributed by atoms with Gasteiger partial charge in [-0.2, -0.15) is 13.2 Å². The zero-order chi connectivity index (χ0) is 23.8. The largest absolute Gasteiger partial charge is 0.417 e. The highest BCUT2D eigenvalue weighted by molar-refractivity contribution is 6.36. The van der Waals surface area contributed by atoms with E-state index in [2.05, 4.69) is 4.90 Å². The third kappa shape index (κ3) is 4.97. The van der Waals surface area contributed by atoms with Gasteiger partial charge in [-0.05, 0) is 42.8 Å². The number of nitrogens with zero attached hydrogens (tertiary/aromatic N) is 2. The number of amides is 1. The van der Waals surface area contributed by atoms with Crippen LogP contribution in [-0.4, -0.2) is 30.4 Å². The van der Waals surface area contributed by atoms with Gasteiger partial charge in [-0.3, -0.25) is 4.79 Å². The molecule has 4 rings (SSSR count). The molecule has 0 aliphatic carbocycles. The minimum Gasteiger partial charge on any atom is -0.360 e. The average molecular weight is 493 g/mol. The molecule has 0 spiro atoms. The molecule has 0 radical (unpaired) electrons. The number of carbonyl (C=O) groups is 1. The second-order valence-electron chi connectivity index (χ2n) is 8.01. The number of carbonyl (C=O) groups excluding carboxylic acids is 1. The van der Waals surface area contributed by atoms with Crippen molar-refractivity contribution in [1.82, 2.24) is 4.90 Å².